The Hall–Kier alpha value is -1.17. The molecule has 0 amide bonds. The summed E-state index contributed by atoms with van der Waals surface area (Å²) >= 11 is 0. The van der Waals surface area contributed by atoms with Crippen LogP contribution < -0.4 is 15.8 Å². The summed E-state index contributed by atoms with van der Waals surface area (Å²) in [5.41, 5.74) is 1.61. The summed E-state index contributed by atoms with van der Waals surface area (Å²) in [6.07, 6.45) is 6.73. The van der Waals surface area contributed by atoms with Crippen molar-refractivity contribution in [3.05, 3.63) is 90.5 Å². The summed E-state index contributed by atoms with van der Waals surface area (Å²) in [4.78, 5) is 0. The third-order valence-electron chi connectivity index (χ3n) is 5.84. The summed E-state index contributed by atoms with van der Waals surface area (Å²) in [5, 5.41) is 4.89. The Balaban J connectivity index is 0.00000210. The van der Waals surface area contributed by atoms with Crippen molar-refractivity contribution in [3.63, 3.8) is 0 Å². The minimum absolute atomic E-state index is 0. The van der Waals surface area contributed by atoms with Gasteiger partial charge < -0.3 is 0 Å². The maximum absolute atomic E-state index is 2.42. The van der Waals surface area contributed by atoms with Crippen LogP contribution in [0.15, 0.2) is 84.9 Å². The van der Waals surface area contributed by atoms with Crippen molar-refractivity contribution in [1.82, 2.24) is 0 Å². The summed E-state index contributed by atoms with van der Waals surface area (Å²) in [5.74, 6) is 0. The van der Waals surface area contributed by atoms with Gasteiger partial charge in [-0.2, -0.15) is 0 Å². The van der Waals surface area contributed by atoms with Crippen LogP contribution in [-0.4, -0.2) is 10.2 Å². The van der Waals surface area contributed by atoms with Crippen molar-refractivity contribution in [1.29, 1.82) is 0 Å². The van der Waals surface area contributed by atoms with Crippen molar-refractivity contribution >= 4 is 34.0 Å². The van der Waals surface area contributed by atoms with Gasteiger partial charge in [-0.05, 0) is 55.5 Å². The molecule has 0 N–H and O–H groups in total. The van der Waals surface area contributed by atoms with E-state index in [1.54, 1.807) is 16.2 Å². The number of rotatable bonds is 4. The zero-order valence-electron chi connectivity index (χ0n) is 15.6. The van der Waals surface area contributed by atoms with Gasteiger partial charge in [0.25, 0.3) is 0 Å². The molecule has 3 aromatic rings. The molecule has 3 heteroatoms. The largest absolute Gasteiger partial charge is 0.112 e. The zero-order chi connectivity index (χ0) is 17.8. The van der Waals surface area contributed by atoms with Crippen LogP contribution in [0.5, 0.6) is 0 Å². The average Bonchev–Trinajstić information content (AvgIpc) is 2.71. The molecule has 1 fully saturated rings. The van der Waals surface area contributed by atoms with E-state index in [4.69, 9.17) is 0 Å². The van der Waals surface area contributed by atoms with Crippen molar-refractivity contribution < 1.29 is 17.1 Å². The molecule has 0 aromatic heterocycles. The predicted octanol–water partition coefficient (Wildman–Crippen LogP) is 3.97. The molecular weight excluding hydrogens is 411 g/mol. The minimum atomic E-state index is -0.930. The smallest absolute Gasteiger partial charge is 0.0635 e. The molecule has 27 heavy (non-hydrogen) atoms. The van der Waals surface area contributed by atoms with E-state index in [0.29, 0.717) is 5.16 Å². The Kier molecular flexibility index (Phi) is 7.12. The Bertz CT molecular complexity index is 805. The van der Waals surface area contributed by atoms with Gasteiger partial charge in [-0.15, -0.1) is 0 Å². The van der Waals surface area contributed by atoms with Crippen molar-refractivity contribution in [2.75, 3.05) is 0 Å². The molecule has 4 rings (SSSR count). The fourth-order valence-electron chi connectivity index (χ4n) is 4.73. The van der Waals surface area contributed by atoms with Crippen LogP contribution >= 0.6 is 7.92 Å². The van der Waals surface area contributed by atoms with E-state index in [0.717, 1.165) is 0 Å². The van der Waals surface area contributed by atoms with Gasteiger partial charge in [0.1, 0.15) is 5.16 Å². The normalized spacial score (nSPS) is 15.9. The molecule has 0 saturated heterocycles. The van der Waals surface area contributed by atoms with Crippen LogP contribution in [0.25, 0.3) is 0 Å². The fraction of sp³-hybridized carbons (Fsp3) is 0.250. The van der Waals surface area contributed by atoms with E-state index in [-0.39, 0.29) is 17.1 Å². The molecule has 1 saturated carbocycles. The SMILES string of the molecule is [Cu].[SiH2]c1ccccc1C1([PH+](c2ccccc2)c2ccccc2)CCCCC1. The molecule has 0 atom stereocenters. The maximum atomic E-state index is 2.42. The minimum Gasteiger partial charge on any atom is -0.0635 e. The second-order valence-corrected chi connectivity index (χ2v) is 11.0. The number of hydrogen-bond donors (Lipinski definition) is 0. The van der Waals surface area contributed by atoms with Gasteiger partial charge in [-0.25, -0.2) is 0 Å². The second-order valence-electron chi connectivity index (χ2n) is 7.41. The monoisotopic (exact) mass is 437 g/mol. The first-order chi connectivity index (χ1) is 12.8. The molecule has 0 nitrogen and oxygen atoms in total. The van der Waals surface area contributed by atoms with E-state index in [1.807, 2.05) is 0 Å². The van der Waals surface area contributed by atoms with E-state index in [1.165, 1.54) is 37.3 Å². The quantitative estimate of drug-likeness (QED) is 0.428. The molecule has 1 aliphatic rings. The van der Waals surface area contributed by atoms with Crippen molar-refractivity contribution in [3.8, 4) is 0 Å². The van der Waals surface area contributed by atoms with Crippen LogP contribution in [0.2, 0.25) is 0 Å². The summed E-state index contributed by atoms with van der Waals surface area (Å²) < 4.78 is 0. The van der Waals surface area contributed by atoms with E-state index in [2.05, 4.69) is 95.2 Å². The summed E-state index contributed by atoms with van der Waals surface area (Å²) in [6.45, 7) is 0. The Morgan fingerprint density at radius 1 is 0.630 bits per heavy atom. The molecule has 1 aliphatic carbocycles. The zero-order valence-corrected chi connectivity index (χ0v) is 19.0. The fourth-order valence-corrected chi connectivity index (χ4v) is 9.35. The maximum Gasteiger partial charge on any atom is 0.112 e. The third kappa shape index (κ3) is 4.15. The molecule has 2 radical (unpaired) electrons. The van der Waals surface area contributed by atoms with Gasteiger partial charge in [0.15, 0.2) is 0 Å². The number of hydrogen-bond acceptors (Lipinski definition) is 0. The van der Waals surface area contributed by atoms with Crippen LogP contribution in [0.4, 0.5) is 0 Å². The standard InChI is InChI=1S/C24H26PSi.Cu/c26-23-17-9-8-16-22(23)24(18-10-3-11-19-24)25(20-12-4-1-5-13-20)21-14-6-2-7-15-21;/h1-2,4-9,12-17H,3,10-11,18-19,26H2;/p+1. The van der Waals surface area contributed by atoms with Crippen LogP contribution in [0.1, 0.15) is 37.7 Å². The average molecular weight is 438 g/mol. The molecule has 0 heterocycles. The first-order valence-corrected chi connectivity index (χ1v) is 11.9. The van der Waals surface area contributed by atoms with Gasteiger partial charge in [0.2, 0.25) is 0 Å². The third-order valence-corrected chi connectivity index (χ3v) is 10.0. The topological polar surface area (TPSA) is 0 Å². The Morgan fingerprint density at radius 3 is 1.63 bits per heavy atom. The van der Waals surface area contributed by atoms with Crippen molar-refractivity contribution in [2.45, 2.75) is 37.3 Å². The summed E-state index contributed by atoms with van der Waals surface area (Å²) in [7, 11) is 1.14. The van der Waals surface area contributed by atoms with Gasteiger partial charge in [-0.1, -0.05) is 72.3 Å². The molecule has 0 unspecified atom stereocenters. The Morgan fingerprint density at radius 2 is 1.11 bits per heavy atom. The predicted molar refractivity (Wildman–Crippen MR) is 120 cm³/mol. The van der Waals surface area contributed by atoms with E-state index < -0.39 is 7.92 Å². The molecule has 0 bridgehead atoms. The van der Waals surface area contributed by atoms with Crippen LogP contribution in [0, 0.1) is 0 Å². The van der Waals surface area contributed by atoms with Crippen LogP contribution in [-0.2, 0) is 22.2 Å². The second kappa shape index (κ2) is 9.35. The molecular formula is C24H27CuPSi+. The van der Waals surface area contributed by atoms with Crippen molar-refractivity contribution in [2.24, 2.45) is 0 Å². The molecule has 0 spiro atoms. The summed E-state index contributed by atoms with van der Waals surface area (Å²) in [6, 6.07) is 31.9. The van der Waals surface area contributed by atoms with E-state index in [9.17, 15) is 0 Å². The Labute approximate surface area is 178 Å². The molecule has 3 aromatic carbocycles. The van der Waals surface area contributed by atoms with Gasteiger partial charge >= 0.3 is 0 Å². The first-order valence-electron chi connectivity index (χ1n) is 9.71. The first kappa shape index (κ1) is 20.6. The van der Waals surface area contributed by atoms with Gasteiger partial charge in [-0.3, -0.25) is 0 Å². The molecule has 0 aliphatic heterocycles. The van der Waals surface area contributed by atoms with Gasteiger partial charge in [0.05, 0.1) is 18.5 Å². The van der Waals surface area contributed by atoms with E-state index >= 15 is 0 Å². The van der Waals surface area contributed by atoms with Gasteiger partial charge in [0, 0.05) is 27.3 Å². The number of benzene rings is 3. The molecule has 142 valence electrons. The van der Waals surface area contributed by atoms with Crippen LogP contribution in [0.3, 0.4) is 0 Å².